The molecule has 0 aromatic carbocycles. The Kier molecular flexibility index (Phi) is 4.47. The number of ketones is 1. The van der Waals surface area contributed by atoms with Crippen LogP contribution in [0.15, 0.2) is 24.3 Å². The third kappa shape index (κ3) is 4.01. The van der Waals surface area contributed by atoms with Gasteiger partial charge in [-0.05, 0) is 30.8 Å². The van der Waals surface area contributed by atoms with Gasteiger partial charge in [-0.2, -0.15) is 0 Å². The van der Waals surface area contributed by atoms with E-state index in [2.05, 4.69) is 11.7 Å². The molecule has 1 aliphatic rings. The van der Waals surface area contributed by atoms with Crippen LogP contribution in [0.4, 0.5) is 0 Å². The number of methoxy groups -OCH3 is 1. The van der Waals surface area contributed by atoms with Crippen molar-refractivity contribution in [2.45, 2.75) is 32.6 Å². The molecule has 3 heteroatoms. The Labute approximate surface area is 96.2 Å². The largest absolute Gasteiger partial charge is 0.466 e. The zero-order valence-corrected chi connectivity index (χ0v) is 9.86. The van der Waals surface area contributed by atoms with Gasteiger partial charge in [-0.25, -0.2) is 4.79 Å². The van der Waals surface area contributed by atoms with Crippen molar-refractivity contribution < 1.29 is 14.3 Å². The summed E-state index contributed by atoms with van der Waals surface area (Å²) in [5.41, 5.74) is 0.0240. The van der Waals surface area contributed by atoms with Crippen LogP contribution in [-0.2, 0) is 14.3 Å². The van der Waals surface area contributed by atoms with E-state index in [9.17, 15) is 9.59 Å². The summed E-state index contributed by atoms with van der Waals surface area (Å²) in [6.07, 6.45) is 10.3. The molecule has 1 aliphatic carbocycles. The summed E-state index contributed by atoms with van der Waals surface area (Å²) >= 11 is 0. The van der Waals surface area contributed by atoms with Crippen molar-refractivity contribution in [3.8, 4) is 0 Å². The average Bonchev–Trinajstić information content (AvgIpc) is 2.58. The second-order valence-corrected chi connectivity index (χ2v) is 4.45. The molecule has 0 saturated carbocycles. The van der Waals surface area contributed by atoms with Gasteiger partial charge in [-0.1, -0.05) is 19.1 Å². The molecule has 1 unspecified atom stereocenters. The van der Waals surface area contributed by atoms with Crippen molar-refractivity contribution in [2.24, 2.45) is 5.41 Å². The van der Waals surface area contributed by atoms with Crippen LogP contribution in [0.1, 0.15) is 32.6 Å². The minimum Gasteiger partial charge on any atom is -0.466 e. The monoisotopic (exact) mass is 222 g/mol. The molecule has 16 heavy (non-hydrogen) atoms. The molecule has 1 rings (SSSR count). The third-order valence-corrected chi connectivity index (χ3v) is 2.82. The average molecular weight is 222 g/mol. The first-order chi connectivity index (χ1) is 7.56. The lowest BCUT2D eigenvalue weighted by molar-refractivity contribution is -0.134. The first-order valence-electron chi connectivity index (χ1n) is 5.52. The zero-order valence-electron chi connectivity index (χ0n) is 9.86. The summed E-state index contributed by atoms with van der Waals surface area (Å²) in [5.74, 6) is -0.102. The number of ether oxygens (including phenoxy) is 1. The second kappa shape index (κ2) is 5.64. The van der Waals surface area contributed by atoms with Crippen LogP contribution < -0.4 is 0 Å². The van der Waals surface area contributed by atoms with Crippen LogP contribution in [0.2, 0.25) is 0 Å². The normalized spacial score (nSPS) is 24.2. The van der Waals surface area contributed by atoms with E-state index >= 15 is 0 Å². The molecule has 0 N–H and O–H groups in total. The number of rotatable bonds is 5. The van der Waals surface area contributed by atoms with Crippen LogP contribution in [0, 0.1) is 5.41 Å². The van der Waals surface area contributed by atoms with Gasteiger partial charge in [0, 0.05) is 12.5 Å². The fourth-order valence-electron chi connectivity index (χ4n) is 1.85. The predicted octanol–water partition coefficient (Wildman–Crippen LogP) is 2.42. The van der Waals surface area contributed by atoms with E-state index in [0.29, 0.717) is 6.42 Å². The van der Waals surface area contributed by atoms with Gasteiger partial charge in [0.2, 0.25) is 0 Å². The summed E-state index contributed by atoms with van der Waals surface area (Å²) in [7, 11) is 1.36. The minimum absolute atomic E-state index is 0.0240. The van der Waals surface area contributed by atoms with Gasteiger partial charge in [0.15, 0.2) is 5.78 Å². The number of carbonyl (C=O) groups is 2. The molecule has 0 amide bonds. The summed E-state index contributed by atoms with van der Waals surface area (Å²) in [5, 5.41) is 0. The highest BCUT2D eigenvalue weighted by atomic mass is 16.5. The molecule has 0 spiro atoms. The van der Waals surface area contributed by atoms with E-state index in [4.69, 9.17) is 0 Å². The molecule has 0 bridgehead atoms. The van der Waals surface area contributed by atoms with E-state index in [-0.39, 0.29) is 17.2 Å². The van der Waals surface area contributed by atoms with Gasteiger partial charge >= 0.3 is 5.97 Å². The van der Waals surface area contributed by atoms with Gasteiger partial charge in [-0.15, -0.1) is 0 Å². The topological polar surface area (TPSA) is 43.4 Å². The summed E-state index contributed by atoms with van der Waals surface area (Å²) in [6.45, 7) is 2.10. The molecule has 0 saturated heterocycles. The van der Waals surface area contributed by atoms with E-state index in [1.165, 1.54) is 13.2 Å². The molecule has 88 valence electrons. The number of unbranched alkanes of at least 4 members (excludes halogenated alkanes) is 1. The Hall–Kier alpha value is -1.38. The van der Waals surface area contributed by atoms with Crippen LogP contribution in [0.5, 0.6) is 0 Å². The van der Waals surface area contributed by atoms with Crippen molar-refractivity contribution in [3.05, 3.63) is 24.3 Å². The van der Waals surface area contributed by atoms with E-state index in [0.717, 1.165) is 19.3 Å². The van der Waals surface area contributed by atoms with Crippen molar-refractivity contribution in [1.82, 2.24) is 0 Å². The lowest BCUT2D eigenvalue weighted by Crippen LogP contribution is -2.11. The fourth-order valence-corrected chi connectivity index (χ4v) is 1.85. The predicted molar refractivity (Wildman–Crippen MR) is 61.9 cm³/mol. The first-order valence-corrected chi connectivity index (χ1v) is 5.52. The van der Waals surface area contributed by atoms with Gasteiger partial charge in [0.25, 0.3) is 0 Å². The van der Waals surface area contributed by atoms with Gasteiger partial charge in [0.05, 0.1) is 7.11 Å². The molecule has 1 atom stereocenters. The minimum atomic E-state index is -0.317. The van der Waals surface area contributed by atoms with Crippen LogP contribution in [0.3, 0.4) is 0 Å². The van der Waals surface area contributed by atoms with Gasteiger partial charge in [-0.3, -0.25) is 4.79 Å². The summed E-state index contributed by atoms with van der Waals surface area (Å²) in [6, 6.07) is 0. The van der Waals surface area contributed by atoms with Crippen LogP contribution >= 0.6 is 0 Å². The molecule has 0 aromatic rings. The van der Waals surface area contributed by atoms with Crippen molar-refractivity contribution in [2.75, 3.05) is 7.11 Å². The molecule has 0 radical (unpaired) electrons. The molecule has 0 heterocycles. The SMILES string of the molecule is COC(=O)/C=C/CCCC1(C)C=CC(=O)C1. The van der Waals surface area contributed by atoms with E-state index in [1.54, 1.807) is 6.08 Å². The molecule has 3 nitrogen and oxygen atoms in total. The second-order valence-electron chi connectivity index (χ2n) is 4.45. The highest BCUT2D eigenvalue weighted by Crippen LogP contribution is 2.34. The highest BCUT2D eigenvalue weighted by molar-refractivity contribution is 5.92. The number of hydrogen-bond donors (Lipinski definition) is 0. The maximum absolute atomic E-state index is 11.1. The first kappa shape index (κ1) is 12.7. The van der Waals surface area contributed by atoms with Gasteiger partial charge in [0.1, 0.15) is 0 Å². The smallest absolute Gasteiger partial charge is 0.330 e. The molecule has 0 aliphatic heterocycles. The van der Waals surface area contributed by atoms with Crippen LogP contribution in [0.25, 0.3) is 0 Å². The Morgan fingerprint density at radius 3 is 2.94 bits per heavy atom. The Morgan fingerprint density at radius 1 is 1.62 bits per heavy atom. The Bertz CT molecular complexity index is 328. The fraction of sp³-hybridized carbons (Fsp3) is 0.538. The Balaban J connectivity index is 2.21. The maximum Gasteiger partial charge on any atom is 0.330 e. The molecule has 0 fully saturated rings. The molecular weight excluding hydrogens is 204 g/mol. The lowest BCUT2D eigenvalue weighted by Gasteiger charge is -2.19. The number of hydrogen-bond acceptors (Lipinski definition) is 3. The van der Waals surface area contributed by atoms with Crippen molar-refractivity contribution in [3.63, 3.8) is 0 Å². The summed E-state index contributed by atoms with van der Waals surface area (Å²) < 4.78 is 4.48. The summed E-state index contributed by atoms with van der Waals surface area (Å²) in [4.78, 5) is 21.9. The van der Waals surface area contributed by atoms with E-state index < -0.39 is 0 Å². The lowest BCUT2D eigenvalue weighted by atomic mass is 9.84. The maximum atomic E-state index is 11.1. The molecular formula is C13H18O3. The molecule has 0 aromatic heterocycles. The zero-order chi connectivity index (χ0) is 12.0. The van der Waals surface area contributed by atoms with Crippen molar-refractivity contribution in [1.29, 1.82) is 0 Å². The van der Waals surface area contributed by atoms with Crippen LogP contribution in [-0.4, -0.2) is 18.9 Å². The van der Waals surface area contributed by atoms with Gasteiger partial charge < -0.3 is 4.74 Å². The third-order valence-electron chi connectivity index (χ3n) is 2.82. The Morgan fingerprint density at radius 2 is 2.38 bits per heavy atom. The quantitative estimate of drug-likeness (QED) is 0.407. The highest BCUT2D eigenvalue weighted by Gasteiger charge is 2.27. The number of allylic oxidation sites excluding steroid dienone is 3. The van der Waals surface area contributed by atoms with Crippen molar-refractivity contribution >= 4 is 11.8 Å². The number of esters is 1. The van der Waals surface area contributed by atoms with E-state index in [1.807, 2.05) is 12.2 Å². The number of carbonyl (C=O) groups excluding carboxylic acids is 2. The standard InChI is InChI=1S/C13H18O3/c1-13(9-7-11(14)10-13)8-5-3-4-6-12(15)16-2/h4,6-7,9H,3,5,8,10H2,1-2H3/b6-4+.